The maximum absolute atomic E-state index is 11.9. The van der Waals surface area contributed by atoms with Crippen LogP contribution in [0, 0.1) is 6.92 Å². The van der Waals surface area contributed by atoms with Crippen molar-refractivity contribution in [3.63, 3.8) is 0 Å². The van der Waals surface area contributed by atoms with Gasteiger partial charge in [-0.25, -0.2) is 0 Å². The second-order valence-electron chi connectivity index (χ2n) is 5.44. The summed E-state index contributed by atoms with van der Waals surface area (Å²) in [4.78, 5) is 13.7. The Kier molecular flexibility index (Phi) is 2.89. The zero-order chi connectivity index (χ0) is 15.1. The van der Waals surface area contributed by atoms with E-state index < -0.39 is 0 Å². The van der Waals surface area contributed by atoms with Gasteiger partial charge in [0.05, 0.1) is 5.69 Å². The van der Waals surface area contributed by atoms with E-state index in [0.717, 1.165) is 41.4 Å². The molecule has 2 aromatic heterocycles. The molecule has 1 aliphatic heterocycles. The lowest BCUT2D eigenvalue weighted by Gasteiger charge is -2.16. The standard InChI is InChI=1S/C16H15N5O/c1-11-17-18-15-8-7-14(19-21(11)15)12-4-2-5-13(10-12)20-9-3-6-16(20)22/h2,4-5,7-8,10H,3,6,9H2,1H3. The number of rotatable bonds is 2. The largest absolute Gasteiger partial charge is 0.312 e. The van der Waals surface area contributed by atoms with Crippen LogP contribution in [0.5, 0.6) is 0 Å². The Labute approximate surface area is 127 Å². The molecule has 0 N–H and O–H groups in total. The van der Waals surface area contributed by atoms with Crippen LogP contribution >= 0.6 is 0 Å². The smallest absolute Gasteiger partial charge is 0.227 e. The van der Waals surface area contributed by atoms with E-state index in [1.807, 2.05) is 48.2 Å². The maximum atomic E-state index is 11.9. The van der Waals surface area contributed by atoms with E-state index in [1.165, 1.54) is 0 Å². The average molecular weight is 293 g/mol. The van der Waals surface area contributed by atoms with Gasteiger partial charge in [-0.05, 0) is 37.6 Å². The second-order valence-corrected chi connectivity index (χ2v) is 5.44. The lowest BCUT2D eigenvalue weighted by Crippen LogP contribution is -2.23. The number of amides is 1. The molecular weight excluding hydrogens is 278 g/mol. The van der Waals surface area contributed by atoms with Crippen molar-refractivity contribution in [2.75, 3.05) is 11.4 Å². The first-order chi connectivity index (χ1) is 10.7. The lowest BCUT2D eigenvalue weighted by atomic mass is 10.1. The molecule has 1 amide bonds. The van der Waals surface area contributed by atoms with Gasteiger partial charge in [0.1, 0.15) is 0 Å². The molecule has 3 aromatic rings. The van der Waals surface area contributed by atoms with Crippen LogP contribution in [0.2, 0.25) is 0 Å². The molecule has 1 fully saturated rings. The maximum Gasteiger partial charge on any atom is 0.227 e. The van der Waals surface area contributed by atoms with Gasteiger partial charge in [0, 0.05) is 24.2 Å². The summed E-state index contributed by atoms with van der Waals surface area (Å²) in [6, 6.07) is 11.8. The van der Waals surface area contributed by atoms with Crippen molar-refractivity contribution in [2.45, 2.75) is 19.8 Å². The molecule has 0 unspecified atom stereocenters. The number of hydrogen-bond donors (Lipinski definition) is 0. The van der Waals surface area contributed by atoms with Gasteiger partial charge >= 0.3 is 0 Å². The number of benzene rings is 1. The quantitative estimate of drug-likeness (QED) is 0.727. The fraction of sp³-hybridized carbons (Fsp3) is 0.250. The summed E-state index contributed by atoms with van der Waals surface area (Å²) < 4.78 is 1.73. The monoisotopic (exact) mass is 293 g/mol. The summed E-state index contributed by atoms with van der Waals surface area (Å²) in [5.41, 5.74) is 3.48. The predicted molar refractivity (Wildman–Crippen MR) is 82.5 cm³/mol. The van der Waals surface area contributed by atoms with E-state index in [0.29, 0.717) is 6.42 Å². The molecule has 0 bridgehead atoms. The van der Waals surface area contributed by atoms with E-state index in [9.17, 15) is 4.79 Å². The minimum absolute atomic E-state index is 0.190. The van der Waals surface area contributed by atoms with Crippen LogP contribution in [0.15, 0.2) is 36.4 Å². The molecule has 0 aliphatic carbocycles. The number of hydrogen-bond acceptors (Lipinski definition) is 4. The lowest BCUT2D eigenvalue weighted by molar-refractivity contribution is -0.117. The average Bonchev–Trinajstić information content (AvgIpc) is 3.14. The SMILES string of the molecule is Cc1nnc2ccc(-c3cccc(N4CCCC4=O)c3)nn12. The van der Waals surface area contributed by atoms with Crippen LogP contribution in [-0.2, 0) is 4.79 Å². The molecule has 0 saturated carbocycles. The van der Waals surface area contributed by atoms with Gasteiger partial charge in [-0.15, -0.1) is 10.2 Å². The van der Waals surface area contributed by atoms with Crippen LogP contribution in [-0.4, -0.2) is 32.3 Å². The number of nitrogens with zero attached hydrogens (tertiary/aromatic N) is 5. The van der Waals surface area contributed by atoms with Crippen LogP contribution in [0.3, 0.4) is 0 Å². The van der Waals surface area contributed by atoms with E-state index in [4.69, 9.17) is 0 Å². The first-order valence-electron chi connectivity index (χ1n) is 7.32. The van der Waals surface area contributed by atoms with Crippen LogP contribution in [0.4, 0.5) is 5.69 Å². The molecule has 4 rings (SSSR count). The summed E-state index contributed by atoms with van der Waals surface area (Å²) >= 11 is 0. The van der Waals surface area contributed by atoms with E-state index >= 15 is 0 Å². The highest BCUT2D eigenvalue weighted by Gasteiger charge is 2.21. The number of anilines is 1. The zero-order valence-corrected chi connectivity index (χ0v) is 12.2. The normalized spacial score (nSPS) is 15.0. The number of fused-ring (bicyclic) bond motifs is 1. The molecule has 110 valence electrons. The van der Waals surface area contributed by atoms with Crippen molar-refractivity contribution in [3.05, 3.63) is 42.2 Å². The second kappa shape index (κ2) is 4.91. The van der Waals surface area contributed by atoms with Crippen molar-refractivity contribution in [3.8, 4) is 11.3 Å². The fourth-order valence-corrected chi connectivity index (χ4v) is 2.80. The van der Waals surface area contributed by atoms with Crippen molar-refractivity contribution >= 4 is 17.2 Å². The molecule has 0 spiro atoms. The molecule has 6 nitrogen and oxygen atoms in total. The van der Waals surface area contributed by atoms with Gasteiger partial charge in [-0.3, -0.25) is 4.79 Å². The Morgan fingerprint density at radius 1 is 1.14 bits per heavy atom. The zero-order valence-electron chi connectivity index (χ0n) is 12.2. The number of carbonyl (C=O) groups is 1. The molecule has 0 atom stereocenters. The third-order valence-corrected chi connectivity index (χ3v) is 3.95. The molecular formula is C16H15N5O. The van der Waals surface area contributed by atoms with Crippen LogP contribution < -0.4 is 4.90 Å². The summed E-state index contributed by atoms with van der Waals surface area (Å²) in [5, 5.41) is 12.6. The summed E-state index contributed by atoms with van der Waals surface area (Å²) in [6.07, 6.45) is 1.56. The summed E-state index contributed by atoms with van der Waals surface area (Å²) in [5.74, 6) is 0.943. The van der Waals surface area contributed by atoms with Crippen molar-refractivity contribution in [2.24, 2.45) is 0 Å². The van der Waals surface area contributed by atoms with Gasteiger partial charge in [0.15, 0.2) is 11.5 Å². The Bertz CT molecular complexity index is 870. The van der Waals surface area contributed by atoms with Gasteiger partial charge in [0.25, 0.3) is 0 Å². The Morgan fingerprint density at radius 2 is 2.05 bits per heavy atom. The molecule has 6 heteroatoms. The van der Waals surface area contributed by atoms with Crippen LogP contribution in [0.25, 0.3) is 16.9 Å². The Morgan fingerprint density at radius 3 is 2.86 bits per heavy atom. The molecule has 22 heavy (non-hydrogen) atoms. The number of aryl methyl sites for hydroxylation is 1. The van der Waals surface area contributed by atoms with Gasteiger partial charge < -0.3 is 4.90 Å². The summed E-state index contributed by atoms with van der Waals surface area (Å²) in [7, 11) is 0. The number of aromatic nitrogens is 4. The third kappa shape index (κ3) is 2.04. The van der Waals surface area contributed by atoms with Crippen molar-refractivity contribution in [1.29, 1.82) is 0 Å². The minimum Gasteiger partial charge on any atom is -0.312 e. The first kappa shape index (κ1) is 12.9. The van der Waals surface area contributed by atoms with Gasteiger partial charge in [0.2, 0.25) is 5.91 Å². The fourth-order valence-electron chi connectivity index (χ4n) is 2.80. The molecule has 0 radical (unpaired) electrons. The van der Waals surface area contributed by atoms with E-state index in [1.54, 1.807) is 4.52 Å². The Balaban J connectivity index is 1.77. The van der Waals surface area contributed by atoms with Gasteiger partial charge in [-0.1, -0.05) is 12.1 Å². The third-order valence-electron chi connectivity index (χ3n) is 3.95. The topological polar surface area (TPSA) is 63.4 Å². The highest BCUT2D eigenvalue weighted by atomic mass is 16.2. The number of carbonyl (C=O) groups excluding carboxylic acids is 1. The first-order valence-corrected chi connectivity index (χ1v) is 7.32. The van der Waals surface area contributed by atoms with E-state index in [2.05, 4.69) is 15.3 Å². The molecule has 1 aliphatic rings. The highest BCUT2D eigenvalue weighted by Crippen LogP contribution is 2.26. The van der Waals surface area contributed by atoms with Crippen LogP contribution in [0.1, 0.15) is 18.7 Å². The Hall–Kier alpha value is -2.76. The highest BCUT2D eigenvalue weighted by molar-refractivity contribution is 5.95. The summed E-state index contributed by atoms with van der Waals surface area (Å²) in [6.45, 7) is 2.66. The minimum atomic E-state index is 0.190. The predicted octanol–water partition coefficient (Wildman–Crippen LogP) is 2.23. The molecule has 1 saturated heterocycles. The van der Waals surface area contributed by atoms with Gasteiger partial charge in [-0.2, -0.15) is 9.61 Å². The van der Waals surface area contributed by atoms with E-state index in [-0.39, 0.29) is 5.91 Å². The molecule has 3 heterocycles. The molecule has 1 aromatic carbocycles. The van der Waals surface area contributed by atoms with Crippen molar-refractivity contribution in [1.82, 2.24) is 19.8 Å². The van der Waals surface area contributed by atoms with Crippen molar-refractivity contribution < 1.29 is 4.79 Å².